The Morgan fingerprint density at radius 1 is 0.256 bits per heavy atom. The largest absolute Gasteiger partial charge is 0.462 e. The fourth-order valence-corrected chi connectivity index (χ4v) is 9.78. The fourth-order valence-electron chi connectivity index (χ4n) is 9.78. The van der Waals surface area contributed by atoms with E-state index in [0.29, 0.717) is 19.3 Å². The van der Waals surface area contributed by atoms with Crippen LogP contribution in [0.1, 0.15) is 335 Å². The lowest BCUT2D eigenvalue weighted by Gasteiger charge is -2.18. The summed E-state index contributed by atoms with van der Waals surface area (Å²) in [6, 6.07) is 0. The number of esters is 3. The van der Waals surface area contributed by atoms with Crippen LogP contribution < -0.4 is 0 Å². The number of allylic oxidation sites excluding steroid dienone is 18. The summed E-state index contributed by atoms with van der Waals surface area (Å²) < 4.78 is 16.9. The summed E-state index contributed by atoms with van der Waals surface area (Å²) in [5.74, 6) is -0.882. The molecule has 1 unspecified atom stereocenters. The third kappa shape index (κ3) is 66.9. The van der Waals surface area contributed by atoms with Crippen molar-refractivity contribution in [1.29, 1.82) is 0 Å². The monoisotopic (exact) mass is 1140 g/mol. The molecule has 0 heterocycles. The molecule has 6 nitrogen and oxygen atoms in total. The van der Waals surface area contributed by atoms with E-state index in [9.17, 15) is 14.4 Å². The van der Waals surface area contributed by atoms with E-state index in [1.54, 1.807) is 0 Å². The van der Waals surface area contributed by atoms with E-state index in [1.807, 2.05) is 0 Å². The normalized spacial score (nSPS) is 12.8. The summed E-state index contributed by atoms with van der Waals surface area (Å²) in [7, 11) is 0. The van der Waals surface area contributed by atoms with Crippen molar-refractivity contribution in [2.75, 3.05) is 13.2 Å². The van der Waals surface area contributed by atoms with E-state index in [0.717, 1.165) is 116 Å². The zero-order valence-corrected chi connectivity index (χ0v) is 54.0. The molecule has 0 spiro atoms. The number of ether oxygens (including phenoxy) is 3. The van der Waals surface area contributed by atoms with E-state index in [1.165, 1.54) is 180 Å². The molecule has 0 aromatic carbocycles. The lowest BCUT2D eigenvalue weighted by atomic mass is 10.0. The number of rotatable bonds is 63. The maximum atomic E-state index is 12.9. The van der Waals surface area contributed by atoms with Crippen molar-refractivity contribution in [3.8, 4) is 0 Å². The highest BCUT2D eigenvalue weighted by atomic mass is 16.6. The quantitative estimate of drug-likeness (QED) is 0.0261. The van der Waals surface area contributed by atoms with Gasteiger partial charge in [-0.3, -0.25) is 14.4 Å². The maximum absolute atomic E-state index is 12.9. The average Bonchev–Trinajstić information content (AvgIpc) is 3.48. The van der Waals surface area contributed by atoms with Gasteiger partial charge in [-0.2, -0.15) is 0 Å². The molecule has 0 aliphatic carbocycles. The first-order chi connectivity index (χ1) is 40.5. The second kappa shape index (κ2) is 69.6. The molecule has 1 atom stereocenters. The predicted octanol–water partition coefficient (Wildman–Crippen LogP) is 24.2. The Bertz CT molecular complexity index is 1640. The van der Waals surface area contributed by atoms with Crippen molar-refractivity contribution < 1.29 is 28.6 Å². The Hall–Kier alpha value is -3.93. The molecule has 0 saturated heterocycles. The molecule has 0 rings (SSSR count). The number of carbonyl (C=O) groups excluding carboxylic acids is 3. The van der Waals surface area contributed by atoms with E-state index >= 15 is 0 Å². The molecule has 0 saturated carbocycles. The average molecular weight is 1140 g/mol. The zero-order valence-electron chi connectivity index (χ0n) is 54.0. The van der Waals surface area contributed by atoms with Crippen LogP contribution in [-0.4, -0.2) is 37.2 Å². The molecule has 6 heteroatoms. The molecule has 0 N–H and O–H groups in total. The Morgan fingerprint density at radius 3 is 0.805 bits per heavy atom. The molecule has 0 bridgehead atoms. The molecule has 0 aromatic rings. The minimum atomic E-state index is -0.782. The lowest BCUT2D eigenvalue weighted by molar-refractivity contribution is -0.167. The Labute approximate surface area is 508 Å². The van der Waals surface area contributed by atoms with Crippen LogP contribution in [0.25, 0.3) is 0 Å². The van der Waals surface area contributed by atoms with E-state index in [4.69, 9.17) is 14.2 Å². The summed E-state index contributed by atoms with van der Waals surface area (Å²) >= 11 is 0. The van der Waals surface area contributed by atoms with Crippen LogP contribution in [-0.2, 0) is 28.6 Å². The number of carbonyl (C=O) groups is 3. The summed E-state index contributed by atoms with van der Waals surface area (Å²) in [6.07, 6.45) is 95.5. The van der Waals surface area contributed by atoms with Gasteiger partial charge in [0.15, 0.2) is 6.10 Å². The molecule has 0 aliphatic rings. The summed E-state index contributed by atoms with van der Waals surface area (Å²) in [5, 5.41) is 0. The van der Waals surface area contributed by atoms with Gasteiger partial charge in [0.1, 0.15) is 13.2 Å². The molecule has 82 heavy (non-hydrogen) atoms. The van der Waals surface area contributed by atoms with Gasteiger partial charge in [0.05, 0.1) is 0 Å². The van der Waals surface area contributed by atoms with Crippen molar-refractivity contribution in [2.45, 2.75) is 341 Å². The minimum Gasteiger partial charge on any atom is -0.462 e. The van der Waals surface area contributed by atoms with Gasteiger partial charge in [0, 0.05) is 19.3 Å². The van der Waals surface area contributed by atoms with Gasteiger partial charge in [0.2, 0.25) is 0 Å². The van der Waals surface area contributed by atoms with Crippen LogP contribution >= 0.6 is 0 Å². The number of unbranched alkanes of at least 4 members (excludes halogenated alkanes) is 34. The first-order valence-corrected chi connectivity index (χ1v) is 34.9. The number of hydrogen-bond acceptors (Lipinski definition) is 6. The van der Waals surface area contributed by atoms with E-state index < -0.39 is 6.10 Å². The van der Waals surface area contributed by atoms with Crippen molar-refractivity contribution in [3.63, 3.8) is 0 Å². The SMILES string of the molecule is CC/C=C\C/C=C\C/C=C\C/C=C\C/C=C\C/C=C\C/C=C\CCCCCCCCCCCCCCCC(=O)OCC(COC(=O)CCCCCCC/C=C\CCC)OC(=O)CCCCCCCCCCC/C=C\CCCCCCCC. The first-order valence-electron chi connectivity index (χ1n) is 34.9. The van der Waals surface area contributed by atoms with Gasteiger partial charge in [-0.15, -0.1) is 0 Å². The summed E-state index contributed by atoms with van der Waals surface area (Å²) in [5.41, 5.74) is 0. The van der Waals surface area contributed by atoms with E-state index in [2.05, 4.69) is 130 Å². The van der Waals surface area contributed by atoms with Gasteiger partial charge in [0.25, 0.3) is 0 Å². The van der Waals surface area contributed by atoms with Gasteiger partial charge in [-0.05, 0) is 122 Å². The lowest BCUT2D eigenvalue weighted by Crippen LogP contribution is -2.30. The Kier molecular flexibility index (Phi) is 66.2. The molecule has 0 fully saturated rings. The molecule has 0 radical (unpaired) electrons. The number of hydrogen-bond donors (Lipinski definition) is 0. The van der Waals surface area contributed by atoms with Crippen LogP contribution in [0.2, 0.25) is 0 Å². The van der Waals surface area contributed by atoms with Gasteiger partial charge < -0.3 is 14.2 Å². The van der Waals surface area contributed by atoms with Crippen molar-refractivity contribution in [2.24, 2.45) is 0 Å². The van der Waals surface area contributed by atoms with Crippen LogP contribution in [0.4, 0.5) is 0 Å². The van der Waals surface area contributed by atoms with Crippen LogP contribution in [0.5, 0.6) is 0 Å². The van der Waals surface area contributed by atoms with Crippen LogP contribution in [0.15, 0.2) is 109 Å². The van der Waals surface area contributed by atoms with Crippen molar-refractivity contribution >= 4 is 17.9 Å². The highest BCUT2D eigenvalue weighted by Gasteiger charge is 2.19. The minimum absolute atomic E-state index is 0.0797. The Balaban J connectivity index is 4.14. The third-order valence-electron chi connectivity index (χ3n) is 15.0. The second-order valence-corrected chi connectivity index (χ2v) is 23.1. The van der Waals surface area contributed by atoms with Crippen molar-refractivity contribution in [3.05, 3.63) is 109 Å². The zero-order chi connectivity index (χ0) is 59.2. The molecule has 0 aromatic heterocycles. The third-order valence-corrected chi connectivity index (χ3v) is 15.0. The maximum Gasteiger partial charge on any atom is 0.306 e. The van der Waals surface area contributed by atoms with Crippen LogP contribution in [0, 0.1) is 0 Å². The van der Waals surface area contributed by atoms with Gasteiger partial charge in [-0.1, -0.05) is 304 Å². The Morgan fingerprint density at radius 2 is 0.500 bits per heavy atom. The standard InChI is InChI=1S/C76H130O6/c1-4-7-10-13-16-19-22-24-26-28-30-31-32-33-34-35-36-37-38-39-40-41-42-43-44-45-47-48-50-52-54-57-60-63-66-69-75(78)81-72-73(71-80-74(77)68-65-62-59-56-21-18-15-12-9-6-3)82-76(79)70-67-64-61-58-55-53-51-49-46-29-27-25-23-20-17-14-11-8-5-2/h7,10,12,15-16,19,24-27,30-31,33-34,36-37,39-40,73H,4-6,8-9,11,13-14,17-18,20-23,28-29,32,35,38,41-72H2,1-3H3/b10-7-,15-12-,19-16-,26-24-,27-25-,31-30-,34-33-,37-36-,40-39-. The highest BCUT2D eigenvalue weighted by Crippen LogP contribution is 2.17. The van der Waals surface area contributed by atoms with Gasteiger partial charge >= 0.3 is 17.9 Å². The molecular formula is C76H130O6. The van der Waals surface area contributed by atoms with Crippen LogP contribution in [0.3, 0.4) is 0 Å². The molecule has 470 valence electrons. The molecular weight excluding hydrogens is 1010 g/mol. The molecule has 0 amide bonds. The highest BCUT2D eigenvalue weighted by molar-refractivity contribution is 5.71. The summed E-state index contributed by atoms with van der Waals surface area (Å²) in [6.45, 7) is 6.48. The topological polar surface area (TPSA) is 78.9 Å². The molecule has 0 aliphatic heterocycles. The van der Waals surface area contributed by atoms with Crippen molar-refractivity contribution in [1.82, 2.24) is 0 Å². The van der Waals surface area contributed by atoms with E-state index in [-0.39, 0.29) is 31.1 Å². The predicted molar refractivity (Wildman–Crippen MR) is 357 cm³/mol. The van der Waals surface area contributed by atoms with Gasteiger partial charge in [-0.25, -0.2) is 0 Å². The summed E-state index contributed by atoms with van der Waals surface area (Å²) in [4.78, 5) is 38.3. The fraction of sp³-hybridized carbons (Fsp3) is 0.724. The first kappa shape index (κ1) is 78.1. The second-order valence-electron chi connectivity index (χ2n) is 23.1. The smallest absolute Gasteiger partial charge is 0.306 e.